The molecule has 14 aliphatic rings. The van der Waals surface area contributed by atoms with E-state index in [0.717, 1.165) is 39.5 Å². The smallest absolute Gasteiger partial charge is 0.287 e. The van der Waals surface area contributed by atoms with Gasteiger partial charge in [-0.15, -0.1) is 0 Å². The van der Waals surface area contributed by atoms with Gasteiger partial charge in [-0.3, -0.25) is 80.1 Å². The lowest BCUT2D eigenvalue weighted by Gasteiger charge is -2.41. The second-order valence-corrected chi connectivity index (χ2v) is 17.2. The van der Waals surface area contributed by atoms with Crippen LogP contribution < -0.4 is 21.3 Å². The maximum Gasteiger partial charge on any atom is 0.483 e. The van der Waals surface area contributed by atoms with E-state index in [0.29, 0.717) is 18.1 Å². The fourth-order valence-electron chi connectivity index (χ4n) is 11.6. The van der Waals surface area contributed by atoms with Gasteiger partial charge in [0.15, 0.2) is 37.0 Å². The van der Waals surface area contributed by atoms with Crippen molar-refractivity contribution in [1.29, 1.82) is 0 Å². The predicted molar refractivity (Wildman–Crippen MR) is 193 cm³/mol. The van der Waals surface area contributed by atoms with Gasteiger partial charge < -0.3 is 0 Å². The topological polar surface area (TPSA) is 317 Å². The summed E-state index contributed by atoms with van der Waals surface area (Å²) in [5, 5.41) is 14.8. The Labute approximate surface area is 361 Å². The largest absolute Gasteiger partial charge is 0.483 e. The zero-order chi connectivity index (χ0) is 44.8. The summed E-state index contributed by atoms with van der Waals surface area (Å²) in [5.41, 5.74) is 0. The average molecular weight is 915 g/mol. The molecule has 4 unspecified atom stereocenters. The van der Waals surface area contributed by atoms with Gasteiger partial charge in [0.05, 0.1) is 46.2 Å². The molecule has 0 aliphatic carbocycles. The van der Waals surface area contributed by atoms with Gasteiger partial charge in [0, 0.05) is 18.2 Å². The van der Waals surface area contributed by atoms with E-state index in [1.807, 2.05) is 0 Å². The second-order valence-electron chi connectivity index (χ2n) is 17.2. The van der Waals surface area contributed by atoms with Crippen molar-refractivity contribution in [2.75, 3.05) is 86.7 Å². The van der Waals surface area contributed by atoms with Crippen molar-refractivity contribution in [2.24, 2.45) is 0 Å². The van der Waals surface area contributed by atoms with Crippen LogP contribution in [0.5, 0.6) is 0 Å². The molecule has 0 spiro atoms. The molecule has 0 aromatic heterocycles. The summed E-state index contributed by atoms with van der Waals surface area (Å²) >= 11 is 0. The third-order valence-corrected chi connectivity index (χ3v) is 14.2. The van der Waals surface area contributed by atoms with Gasteiger partial charge in [-0.05, 0) is 15.0 Å². The molecule has 14 fully saturated rings. The number of nitrogens with one attached hydrogen (secondary N) is 4. The van der Waals surface area contributed by atoms with Crippen molar-refractivity contribution in [3.8, 4) is 0 Å². The number of urea groups is 8. The Morgan fingerprint density at radius 2 is 0.600 bits per heavy atom. The Bertz CT molecular complexity index is 2270. The number of nitroso groups, excluding NO2 is 4. The number of carbonyl (C=O) groups excluding carboxylic acids is 8. The highest BCUT2D eigenvalue weighted by atomic mass is 16.4. The fraction of sp³-hybridized carbons (Fsp3) is 0.724. The maximum absolute atomic E-state index is 13.4. The highest BCUT2D eigenvalue weighted by molar-refractivity contribution is 5.90. The average Bonchev–Trinajstić information content (AvgIpc) is 4.04. The maximum atomic E-state index is 13.4. The number of hydrazine groups is 3. The molecule has 14 saturated heterocycles. The minimum absolute atomic E-state index is 0.00307. The number of rotatable bonds is 0. The standard InChI is InChI=1S/C16H24N12O4.C13H14N12O8/c29-13-21-3-17-1-18-4-22-9(21)11-25(13)7-27-12-10-23(15(27)31)5-19-2-20-6-24(10)16(32)28(12)8-26(11)14(22)30;26-10-15-1-14(30)2-20(31)23-8(15)6-16(10)3-18-7-9-24(12(18)28)21(32)5-22(33)25(9)13(29)19(7)4-17(6)11(23)27/h9-12,17-20H,1-8H2;6-9H,1-5H2/q;+4. The molecule has 65 heavy (non-hydrogen) atoms. The van der Waals surface area contributed by atoms with Crippen LogP contribution in [0.15, 0.2) is 0 Å². The number of amides is 16. The van der Waals surface area contributed by atoms with Crippen LogP contribution in [-0.4, -0.2) is 282 Å². The lowest BCUT2D eigenvalue weighted by Crippen LogP contribution is -2.62. The van der Waals surface area contributed by atoms with Gasteiger partial charge in [0.1, 0.15) is 26.7 Å². The van der Waals surface area contributed by atoms with Gasteiger partial charge in [0.2, 0.25) is 20.8 Å². The third-order valence-electron chi connectivity index (χ3n) is 14.2. The van der Waals surface area contributed by atoms with E-state index in [-0.39, 0.29) is 78.7 Å². The lowest BCUT2D eigenvalue weighted by atomic mass is 10.3. The van der Waals surface area contributed by atoms with Crippen LogP contribution in [0.2, 0.25) is 0 Å². The molecule has 36 heteroatoms. The Balaban J connectivity index is 0.000000130. The minimum Gasteiger partial charge on any atom is -0.287 e. The van der Waals surface area contributed by atoms with Crippen LogP contribution >= 0.6 is 0 Å². The van der Waals surface area contributed by atoms with Gasteiger partial charge in [-0.25, -0.2) is 43.3 Å². The monoisotopic (exact) mass is 914 g/mol. The molecular formula is C29H38N24O12+4. The molecule has 0 radical (unpaired) electrons. The van der Waals surface area contributed by atoms with Crippen LogP contribution in [0.3, 0.4) is 0 Å². The highest BCUT2D eigenvalue weighted by Gasteiger charge is 2.78. The van der Waals surface area contributed by atoms with Crippen LogP contribution in [-0.2, 0) is 0 Å². The van der Waals surface area contributed by atoms with E-state index in [1.165, 1.54) is 0 Å². The Morgan fingerprint density at radius 3 is 0.985 bits per heavy atom. The molecule has 36 nitrogen and oxygen atoms in total. The third kappa shape index (κ3) is 4.51. The summed E-state index contributed by atoms with van der Waals surface area (Å²) in [6.45, 7) is -0.932. The Kier molecular flexibility index (Phi) is 7.32. The molecule has 14 rings (SSSR count). The first-order valence-corrected chi connectivity index (χ1v) is 20.5. The van der Waals surface area contributed by atoms with E-state index in [2.05, 4.69) is 21.3 Å². The van der Waals surface area contributed by atoms with Crippen LogP contribution in [0.1, 0.15) is 0 Å². The van der Waals surface area contributed by atoms with Crippen LogP contribution in [0, 0.1) is 19.6 Å². The first-order chi connectivity index (χ1) is 31.3. The fourth-order valence-corrected chi connectivity index (χ4v) is 11.6. The SMILES string of the molecule is O=C1N2CN3C(=O)N4C5C3N(CN3C(=O)N6C(C23)N1C[N+](=O)C[N+]6=O)C(=O)N5[N+](=O)C[N+]4=O.O=C1N2CNCNCN3C(=O)N4CN5C(=O)N6CNCNCN7C(=O)N(CN1C4C23)C5C76. The summed E-state index contributed by atoms with van der Waals surface area (Å²) in [7, 11) is 0. The predicted octanol–water partition coefficient (Wildman–Crippen LogP) is -6.77. The summed E-state index contributed by atoms with van der Waals surface area (Å²) in [5.74, 6) is 0. The van der Waals surface area contributed by atoms with Crippen molar-refractivity contribution in [2.45, 2.75) is 49.3 Å². The minimum atomic E-state index is -1.30. The molecule has 342 valence electrons. The van der Waals surface area contributed by atoms with E-state index in [1.54, 1.807) is 39.2 Å². The summed E-state index contributed by atoms with van der Waals surface area (Å²) in [4.78, 5) is 174. The molecule has 4 atom stereocenters. The van der Waals surface area contributed by atoms with E-state index >= 15 is 0 Å². The zero-order valence-corrected chi connectivity index (χ0v) is 33.7. The summed E-state index contributed by atoms with van der Waals surface area (Å²) in [6, 6.07) is -4.19. The van der Waals surface area contributed by atoms with E-state index in [9.17, 15) is 58.0 Å². The Morgan fingerprint density at radius 1 is 0.323 bits per heavy atom. The normalized spacial score (nSPS) is 35.4. The van der Waals surface area contributed by atoms with Crippen molar-refractivity contribution in [1.82, 2.24) is 100.0 Å². The quantitative estimate of drug-likeness (QED) is 0.164. The highest BCUT2D eigenvalue weighted by Crippen LogP contribution is 2.45. The number of carbonyl (C=O) groups is 8. The lowest BCUT2D eigenvalue weighted by molar-refractivity contribution is -0.908. The first kappa shape index (κ1) is 37.9. The Hall–Kier alpha value is -7.60. The van der Waals surface area contributed by atoms with Gasteiger partial charge in [0.25, 0.3) is 12.8 Å². The van der Waals surface area contributed by atoms with Crippen molar-refractivity contribution in [3.63, 3.8) is 0 Å². The number of hydrogen-bond donors (Lipinski definition) is 4. The summed E-state index contributed by atoms with van der Waals surface area (Å²) < 4.78 is 0.320. The second kappa shape index (κ2) is 12.6. The van der Waals surface area contributed by atoms with E-state index in [4.69, 9.17) is 0 Å². The van der Waals surface area contributed by atoms with Crippen LogP contribution in [0.4, 0.5) is 38.4 Å². The zero-order valence-electron chi connectivity index (χ0n) is 33.7. The molecule has 14 aliphatic heterocycles. The van der Waals surface area contributed by atoms with Crippen molar-refractivity contribution >= 4 is 48.2 Å². The molecular weight excluding hydrogens is 876 g/mol. The van der Waals surface area contributed by atoms with E-state index < -0.39 is 107 Å². The van der Waals surface area contributed by atoms with Crippen molar-refractivity contribution in [3.05, 3.63) is 19.6 Å². The van der Waals surface area contributed by atoms with Crippen molar-refractivity contribution < 1.29 is 57.7 Å². The molecule has 0 bridgehead atoms. The molecule has 0 saturated carbocycles. The summed E-state index contributed by atoms with van der Waals surface area (Å²) in [6.07, 6.45) is -6.94. The molecule has 0 aromatic carbocycles. The molecule has 4 N–H and O–H groups in total. The first-order valence-electron chi connectivity index (χ1n) is 20.5. The molecule has 0 aromatic rings. The van der Waals surface area contributed by atoms with Crippen LogP contribution in [0.25, 0.3) is 0 Å². The van der Waals surface area contributed by atoms with Gasteiger partial charge in [-0.2, -0.15) is 0 Å². The molecule has 16 amide bonds. The molecule has 14 heterocycles. The number of nitrogens with zero attached hydrogens (tertiary/aromatic N) is 20. The van der Waals surface area contributed by atoms with Gasteiger partial charge in [-0.1, -0.05) is 0 Å². The van der Waals surface area contributed by atoms with Gasteiger partial charge >= 0.3 is 61.6 Å². The number of hydrogen-bond acceptors (Lipinski definition) is 16.